The molecule has 0 atom stereocenters. The van der Waals surface area contributed by atoms with E-state index >= 15 is 0 Å². The maximum atomic E-state index is 12.8. The van der Waals surface area contributed by atoms with Crippen LogP contribution in [0, 0.1) is 13.8 Å². The van der Waals surface area contributed by atoms with E-state index in [-0.39, 0.29) is 17.2 Å². The van der Waals surface area contributed by atoms with Crippen molar-refractivity contribution in [2.24, 2.45) is 0 Å². The number of aromatic amines is 1. The number of rotatable bonds is 4. The summed E-state index contributed by atoms with van der Waals surface area (Å²) in [5, 5.41) is 8.57. The number of nitrogens with zero attached hydrogens (tertiary/aromatic N) is 5. The van der Waals surface area contributed by atoms with Gasteiger partial charge in [0.05, 0.1) is 5.69 Å². The van der Waals surface area contributed by atoms with Crippen LogP contribution in [0.3, 0.4) is 0 Å². The summed E-state index contributed by atoms with van der Waals surface area (Å²) in [6.07, 6.45) is 5.24. The van der Waals surface area contributed by atoms with Gasteiger partial charge in [0.15, 0.2) is 11.5 Å². The molecule has 1 fully saturated rings. The van der Waals surface area contributed by atoms with Gasteiger partial charge < -0.3 is 4.98 Å². The molecule has 5 rings (SSSR count). The summed E-state index contributed by atoms with van der Waals surface area (Å²) in [6, 6.07) is 5.72. The highest BCUT2D eigenvalue weighted by Crippen LogP contribution is 2.41. The van der Waals surface area contributed by atoms with Gasteiger partial charge >= 0.3 is 6.55 Å². The molecule has 0 radical (unpaired) electrons. The largest absolute Gasteiger partial charge is 0.333 e. The Labute approximate surface area is 164 Å². The van der Waals surface area contributed by atoms with Crippen LogP contribution in [0.1, 0.15) is 42.0 Å². The zero-order chi connectivity index (χ0) is 20.3. The highest BCUT2D eigenvalue weighted by molar-refractivity contribution is 5.75. The molecule has 1 aliphatic carbocycles. The van der Waals surface area contributed by atoms with Gasteiger partial charge in [0.1, 0.15) is 11.1 Å². The molecule has 0 bridgehead atoms. The predicted molar refractivity (Wildman–Crippen MR) is 103 cm³/mol. The minimum absolute atomic E-state index is 0.102. The lowest BCUT2D eigenvalue weighted by Gasteiger charge is -2.12. The van der Waals surface area contributed by atoms with E-state index in [0.29, 0.717) is 16.0 Å². The number of H-pyrrole nitrogens is 1. The maximum absolute atomic E-state index is 12.8. The van der Waals surface area contributed by atoms with Crippen LogP contribution in [-0.4, -0.2) is 29.5 Å². The number of benzene rings is 1. The average Bonchev–Trinajstić information content (AvgIpc) is 3.23. The summed E-state index contributed by atoms with van der Waals surface area (Å²) < 4.78 is 27.7. The van der Waals surface area contributed by atoms with E-state index in [1.54, 1.807) is 10.9 Å². The molecule has 0 amide bonds. The number of hydrogen-bond donors (Lipinski definition) is 1. The molecule has 0 spiro atoms. The van der Waals surface area contributed by atoms with Gasteiger partial charge in [-0.2, -0.15) is 13.9 Å². The van der Waals surface area contributed by atoms with Crippen LogP contribution >= 0.6 is 0 Å². The zero-order valence-corrected chi connectivity index (χ0v) is 15.9. The molecule has 3 heterocycles. The third-order valence-electron chi connectivity index (χ3n) is 5.23. The normalized spacial score (nSPS) is 14.2. The molecule has 7 nitrogen and oxygen atoms in total. The third kappa shape index (κ3) is 3.02. The Kier molecular flexibility index (Phi) is 3.87. The Bertz CT molecular complexity index is 1280. The van der Waals surface area contributed by atoms with Crippen molar-refractivity contribution in [2.45, 2.75) is 39.2 Å². The summed E-state index contributed by atoms with van der Waals surface area (Å²) in [5.74, 6) is 0.753. The van der Waals surface area contributed by atoms with Crippen LogP contribution in [0.4, 0.5) is 8.78 Å². The number of halogens is 2. The standard InChI is InChI=1S/C20H18F2N6O/c1-10-7-13(12-3-4-12)8-11(2)16(10)28-9-14-17(26-28)23-18(24-19(14)29)15-5-6-27(25-15)20(21)22/h5-9,12,20H,3-4H2,1-2H3,(H,23,24,26,29). The summed E-state index contributed by atoms with van der Waals surface area (Å²) in [4.78, 5) is 19.5. The monoisotopic (exact) mass is 396 g/mol. The van der Waals surface area contributed by atoms with Crippen molar-refractivity contribution in [3.63, 3.8) is 0 Å². The average molecular weight is 396 g/mol. The Morgan fingerprint density at radius 2 is 1.90 bits per heavy atom. The van der Waals surface area contributed by atoms with Crippen molar-refractivity contribution in [2.75, 3.05) is 0 Å². The Morgan fingerprint density at radius 1 is 1.17 bits per heavy atom. The molecule has 0 unspecified atom stereocenters. The van der Waals surface area contributed by atoms with E-state index in [0.717, 1.165) is 23.0 Å². The quantitative estimate of drug-likeness (QED) is 0.568. The van der Waals surface area contributed by atoms with E-state index < -0.39 is 12.1 Å². The van der Waals surface area contributed by atoms with Crippen molar-refractivity contribution < 1.29 is 8.78 Å². The van der Waals surface area contributed by atoms with Crippen LogP contribution in [-0.2, 0) is 0 Å². The van der Waals surface area contributed by atoms with Crippen LogP contribution in [0.2, 0.25) is 0 Å². The predicted octanol–water partition coefficient (Wildman–Crippen LogP) is 3.86. The fourth-order valence-electron chi connectivity index (χ4n) is 3.73. The van der Waals surface area contributed by atoms with Gasteiger partial charge in [0.25, 0.3) is 5.56 Å². The fourth-order valence-corrected chi connectivity index (χ4v) is 3.73. The first-order valence-corrected chi connectivity index (χ1v) is 9.35. The van der Waals surface area contributed by atoms with Crippen LogP contribution in [0.5, 0.6) is 0 Å². The molecule has 9 heteroatoms. The van der Waals surface area contributed by atoms with Crippen LogP contribution in [0.25, 0.3) is 28.2 Å². The Hall–Kier alpha value is -3.36. The number of aryl methyl sites for hydroxylation is 2. The fraction of sp³-hybridized carbons (Fsp3) is 0.300. The molecule has 1 aliphatic rings. The van der Waals surface area contributed by atoms with Gasteiger partial charge in [-0.15, -0.1) is 5.10 Å². The molecule has 0 saturated heterocycles. The number of aromatic nitrogens is 6. The molecular formula is C20H18F2N6O. The molecule has 148 valence electrons. The first kappa shape index (κ1) is 17.7. The summed E-state index contributed by atoms with van der Waals surface area (Å²) in [6.45, 7) is 1.30. The third-order valence-corrected chi connectivity index (χ3v) is 5.23. The minimum atomic E-state index is -2.76. The molecule has 0 aliphatic heterocycles. The Morgan fingerprint density at radius 3 is 2.52 bits per heavy atom. The van der Waals surface area contributed by atoms with Gasteiger partial charge in [0, 0.05) is 12.4 Å². The van der Waals surface area contributed by atoms with Gasteiger partial charge in [-0.05, 0) is 55.4 Å². The molecule has 1 aromatic carbocycles. The van der Waals surface area contributed by atoms with Gasteiger partial charge in [-0.25, -0.2) is 14.3 Å². The first-order chi connectivity index (χ1) is 13.9. The SMILES string of the molecule is Cc1cc(C2CC2)cc(C)c1-n1cc2c(=O)[nH]c(-c3ccn(C(F)F)n3)nc2n1. The van der Waals surface area contributed by atoms with Crippen molar-refractivity contribution in [1.82, 2.24) is 29.5 Å². The lowest BCUT2D eigenvalue weighted by Crippen LogP contribution is -2.09. The van der Waals surface area contributed by atoms with Crippen molar-refractivity contribution >= 4 is 11.0 Å². The summed E-state index contributed by atoms with van der Waals surface area (Å²) in [7, 11) is 0. The summed E-state index contributed by atoms with van der Waals surface area (Å²) >= 11 is 0. The Balaban J connectivity index is 1.60. The second kappa shape index (κ2) is 6.33. The zero-order valence-electron chi connectivity index (χ0n) is 15.9. The first-order valence-electron chi connectivity index (χ1n) is 9.35. The van der Waals surface area contributed by atoms with Crippen molar-refractivity contribution in [3.05, 3.63) is 57.6 Å². The molecule has 29 heavy (non-hydrogen) atoms. The van der Waals surface area contributed by atoms with Crippen LogP contribution in [0.15, 0.2) is 35.4 Å². The van der Waals surface area contributed by atoms with Gasteiger partial charge in [-0.3, -0.25) is 4.79 Å². The highest BCUT2D eigenvalue weighted by atomic mass is 19.3. The van der Waals surface area contributed by atoms with Crippen molar-refractivity contribution in [3.8, 4) is 17.2 Å². The number of nitrogens with one attached hydrogen (secondary N) is 1. The maximum Gasteiger partial charge on any atom is 0.333 e. The van der Waals surface area contributed by atoms with E-state index in [2.05, 4.69) is 32.3 Å². The van der Waals surface area contributed by atoms with Crippen molar-refractivity contribution in [1.29, 1.82) is 0 Å². The van der Waals surface area contributed by atoms with E-state index in [1.807, 2.05) is 13.8 Å². The lowest BCUT2D eigenvalue weighted by molar-refractivity contribution is 0.0568. The topological polar surface area (TPSA) is 81.4 Å². The van der Waals surface area contributed by atoms with E-state index in [9.17, 15) is 13.6 Å². The number of hydrogen-bond acceptors (Lipinski definition) is 4. The van der Waals surface area contributed by atoms with Gasteiger partial charge in [0.2, 0.25) is 0 Å². The molecular weight excluding hydrogens is 378 g/mol. The molecule has 1 saturated carbocycles. The molecule has 3 aromatic heterocycles. The summed E-state index contributed by atoms with van der Waals surface area (Å²) in [5.41, 5.74) is 4.40. The number of alkyl halides is 2. The second-order valence-electron chi connectivity index (χ2n) is 7.46. The smallest absolute Gasteiger partial charge is 0.304 e. The molecule has 4 aromatic rings. The highest BCUT2D eigenvalue weighted by Gasteiger charge is 2.25. The lowest BCUT2D eigenvalue weighted by atomic mass is 10.0. The minimum Gasteiger partial charge on any atom is -0.304 e. The number of fused-ring (bicyclic) bond motifs is 1. The van der Waals surface area contributed by atoms with Gasteiger partial charge in [-0.1, -0.05) is 12.1 Å². The van der Waals surface area contributed by atoms with E-state index in [1.165, 1.54) is 24.5 Å². The molecule has 1 N–H and O–H groups in total. The van der Waals surface area contributed by atoms with E-state index in [4.69, 9.17) is 0 Å². The van der Waals surface area contributed by atoms with Crippen LogP contribution < -0.4 is 5.56 Å². The second-order valence-corrected chi connectivity index (χ2v) is 7.46.